The number of aromatic nitrogens is 1. The first-order valence-corrected chi connectivity index (χ1v) is 8.91. The first kappa shape index (κ1) is 12.3. The highest BCUT2D eigenvalue weighted by Crippen LogP contribution is 2.28. The number of halogens is 2. The molecule has 1 heterocycles. The van der Waals surface area contributed by atoms with Gasteiger partial charge in [0.2, 0.25) is 0 Å². The minimum absolute atomic E-state index is 0.0165. The molecule has 0 radical (unpaired) electrons. The van der Waals surface area contributed by atoms with Gasteiger partial charge < -0.3 is 0 Å². The first-order valence-electron chi connectivity index (χ1n) is 3.81. The van der Waals surface area contributed by atoms with Crippen molar-refractivity contribution >= 4 is 62.0 Å². The lowest BCUT2D eigenvalue weighted by molar-refractivity contribution is 0.609. The van der Waals surface area contributed by atoms with E-state index in [1.807, 2.05) is 0 Å². The van der Waals surface area contributed by atoms with E-state index in [1.54, 1.807) is 0 Å². The Bertz CT molecular complexity index is 679. The molecule has 0 bridgehead atoms. The van der Waals surface area contributed by atoms with Gasteiger partial charge in [-0.15, -0.1) is 11.3 Å². The van der Waals surface area contributed by atoms with Crippen LogP contribution in [0.2, 0.25) is 0 Å². The molecule has 4 nitrogen and oxygen atoms in total. The van der Waals surface area contributed by atoms with Gasteiger partial charge >= 0.3 is 0 Å². The molecule has 0 saturated carbocycles. The molecule has 2 rings (SSSR count). The maximum absolute atomic E-state index is 11.1. The van der Waals surface area contributed by atoms with Gasteiger partial charge in [0.15, 0.2) is 14.4 Å². The van der Waals surface area contributed by atoms with E-state index in [1.165, 1.54) is 18.2 Å². The standard InChI is InChI=1S/C7H3Cl2NO3S3/c8-15(11)7-10-5-2-1-4(16(9,12)13)3-6(5)14-7/h1-3H. The van der Waals surface area contributed by atoms with Crippen LogP contribution in [-0.4, -0.2) is 17.6 Å². The van der Waals surface area contributed by atoms with Crippen LogP contribution >= 0.6 is 32.7 Å². The van der Waals surface area contributed by atoms with Gasteiger partial charge in [-0.25, -0.2) is 17.6 Å². The molecule has 0 fully saturated rings. The van der Waals surface area contributed by atoms with Gasteiger partial charge in [-0.1, -0.05) is 0 Å². The van der Waals surface area contributed by atoms with Crippen LogP contribution in [0, 0.1) is 0 Å². The molecule has 1 unspecified atom stereocenters. The van der Waals surface area contributed by atoms with Crippen LogP contribution in [0.4, 0.5) is 0 Å². The van der Waals surface area contributed by atoms with Crippen LogP contribution in [0.3, 0.4) is 0 Å². The summed E-state index contributed by atoms with van der Waals surface area (Å²) in [6, 6.07) is 4.21. The quantitative estimate of drug-likeness (QED) is 0.799. The van der Waals surface area contributed by atoms with Crippen molar-refractivity contribution in [3.63, 3.8) is 0 Å². The van der Waals surface area contributed by atoms with Crippen LogP contribution < -0.4 is 0 Å². The zero-order chi connectivity index (χ0) is 11.9. The van der Waals surface area contributed by atoms with Crippen molar-refractivity contribution < 1.29 is 12.6 Å². The lowest BCUT2D eigenvalue weighted by atomic mass is 10.3. The summed E-state index contributed by atoms with van der Waals surface area (Å²) in [5.74, 6) is 0. The van der Waals surface area contributed by atoms with Gasteiger partial charge in [0, 0.05) is 10.7 Å². The van der Waals surface area contributed by atoms with Crippen LogP contribution in [-0.2, 0) is 19.1 Å². The number of benzene rings is 1. The summed E-state index contributed by atoms with van der Waals surface area (Å²) < 4.78 is 34.0. The fourth-order valence-electron chi connectivity index (χ4n) is 1.10. The minimum Gasteiger partial charge on any atom is -0.235 e. The molecule has 16 heavy (non-hydrogen) atoms. The fourth-order valence-corrected chi connectivity index (χ4v) is 3.78. The third kappa shape index (κ3) is 2.38. The van der Waals surface area contributed by atoms with E-state index in [2.05, 4.69) is 4.98 Å². The van der Waals surface area contributed by atoms with Crippen LogP contribution in [0.15, 0.2) is 27.4 Å². The molecule has 1 atom stereocenters. The highest BCUT2D eigenvalue weighted by molar-refractivity contribution is 8.13. The van der Waals surface area contributed by atoms with Crippen molar-refractivity contribution in [2.24, 2.45) is 0 Å². The SMILES string of the molecule is O=S(Cl)c1nc2ccc(S(=O)(=O)Cl)cc2s1. The lowest BCUT2D eigenvalue weighted by Gasteiger charge is -1.93. The summed E-state index contributed by atoms with van der Waals surface area (Å²) in [4.78, 5) is 3.97. The number of thiazole rings is 1. The molecule has 0 saturated heterocycles. The van der Waals surface area contributed by atoms with Gasteiger partial charge in [0.1, 0.15) is 0 Å². The summed E-state index contributed by atoms with van der Waals surface area (Å²) in [6.07, 6.45) is 0. The average molecular weight is 316 g/mol. The number of nitrogens with zero attached hydrogens (tertiary/aromatic N) is 1. The van der Waals surface area contributed by atoms with Crippen molar-refractivity contribution in [1.82, 2.24) is 4.98 Å². The number of hydrogen-bond acceptors (Lipinski definition) is 5. The maximum atomic E-state index is 11.1. The van der Waals surface area contributed by atoms with E-state index in [4.69, 9.17) is 21.4 Å². The molecule has 1 aromatic carbocycles. The number of rotatable bonds is 2. The maximum Gasteiger partial charge on any atom is 0.261 e. The second-order valence-corrected chi connectivity index (χ2v) is 8.30. The molecule has 0 aliphatic rings. The molecule has 86 valence electrons. The van der Waals surface area contributed by atoms with Gasteiger partial charge in [-0.3, -0.25) is 0 Å². The summed E-state index contributed by atoms with van der Waals surface area (Å²) in [5.41, 5.74) is 0.540. The average Bonchev–Trinajstić information content (AvgIpc) is 2.58. The van der Waals surface area contributed by atoms with Crippen molar-refractivity contribution in [2.45, 2.75) is 9.24 Å². The normalized spacial score (nSPS) is 14.1. The fraction of sp³-hybridized carbons (Fsp3) is 0. The Morgan fingerprint density at radius 3 is 2.62 bits per heavy atom. The predicted octanol–water partition coefficient (Wildman–Crippen LogP) is 2.49. The van der Waals surface area contributed by atoms with Crippen LogP contribution in [0.5, 0.6) is 0 Å². The molecule has 0 aliphatic heterocycles. The predicted molar refractivity (Wildman–Crippen MR) is 64.9 cm³/mol. The molecule has 2 aromatic rings. The first-order chi connectivity index (χ1) is 7.38. The number of fused-ring (bicyclic) bond motifs is 1. The summed E-state index contributed by atoms with van der Waals surface area (Å²) >= 11 is 1.07. The van der Waals surface area contributed by atoms with Gasteiger partial charge in [-0.2, -0.15) is 0 Å². The highest BCUT2D eigenvalue weighted by Gasteiger charge is 2.14. The second-order valence-electron chi connectivity index (χ2n) is 2.77. The van der Waals surface area contributed by atoms with Crippen molar-refractivity contribution in [3.8, 4) is 0 Å². The Balaban J connectivity index is 2.67. The van der Waals surface area contributed by atoms with Crippen molar-refractivity contribution in [3.05, 3.63) is 18.2 Å². The topological polar surface area (TPSA) is 64.1 Å². The molecule has 0 amide bonds. The van der Waals surface area contributed by atoms with Gasteiger partial charge in [-0.05, 0) is 28.9 Å². The zero-order valence-electron chi connectivity index (χ0n) is 7.38. The van der Waals surface area contributed by atoms with Gasteiger partial charge in [0.25, 0.3) is 9.05 Å². The van der Waals surface area contributed by atoms with Crippen molar-refractivity contribution in [2.75, 3.05) is 0 Å². The molecule has 9 heteroatoms. The third-order valence-electron chi connectivity index (χ3n) is 1.76. The van der Waals surface area contributed by atoms with Crippen LogP contribution in [0.25, 0.3) is 10.2 Å². The third-order valence-corrected chi connectivity index (χ3v) is 5.71. The molecule has 1 aromatic heterocycles. The summed E-state index contributed by atoms with van der Waals surface area (Å²) in [7, 11) is 5.12. The van der Waals surface area contributed by atoms with E-state index >= 15 is 0 Å². The van der Waals surface area contributed by atoms with E-state index in [9.17, 15) is 12.6 Å². The summed E-state index contributed by atoms with van der Waals surface area (Å²) in [5, 5.41) is 0. The monoisotopic (exact) mass is 315 g/mol. The molecule has 0 N–H and O–H groups in total. The molecular weight excluding hydrogens is 313 g/mol. The number of hydrogen-bond donors (Lipinski definition) is 0. The van der Waals surface area contributed by atoms with E-state index in [0.29, 0.717) is 10.2 Å². The van der Waals surface area contributed by atoms with Crippen molar-refractivity contribution in [1.29, 1.82) is 0 Å². The Morgan fingerprint density at radius 1 is 1.38 bits per heavy atom. The smallest absolute Gasteiger partial charge is 0.235 e. The highest BCUT2D eigenvalue weighted by atomic mass is 35.7. The Morgan fingerprint density at radius 2 is 2.06 bits per heavy atom. The summed E-state index contributed by atoms with van der Waals surface area (Å²) in [6.45, 7) is 0. The van der Waals surface area contributed by atoms with Crippen LogP contribution in [0.1, 0.15) is 0 Å². The Labute approximate surface area is 107 Å². The zero-order valence-corrected chi connectivity index (χ0v) is 11.3. The van der Waals surface area contributed by atoms with E-state index in [-0.39, 0.29) is 9.24 Å². The second kappa shape index (κ2) is 4.23. The molecule has 0 aliphatic carbocycles. The van der Waals surface area contributed by atoms with E-state index < -0.39 is 19.1 Å². The Hall–Kier alpha value is -0.210. The van der Waals surface area contributed by atoms with Gasteiger partial charge in [0.05, 0.1) is 15.1 Å². The van der Waals surface area contributed by atoms with E-state index in [0.717, 1.165) is 11.3 Å². The largest absolute Gasteiger partial charge is 0.261 e. The molecular formula is C7H3Cl2NO3S3. The Kier molecular flexibility index (Phi) is 3.24. The molecule has 0 spiro atoms. The minimum atomic E-state index is -3.76. The lowest BCUT2D eigenvalue weighted by Crippen LogP contribution is -1.88.